The summed E-state index contributed by atoms with van der Waals surface area (Å²) in [6, 6.07) is 19.9. The van der Waals surface area contributed by atoms with E-state index >= 15 is 0 Å². The van der Waals surface area contributed by atoms with Crippen molar-refractivity contribution in [3.05, 3.63) is 88.9 Å². The summed E-state index contributed by atoms with van der Waals surface area (Å²) >= 11 is 0. The fourth-order valence-corrected chi connectivity index (χ4v) is 3.35. The molecular weight excluding hydrogens is 296 g/mol. The minimum atomic E-state index is 0.0573. The Hall–Kier alpha value is -2.65. The van der Waals surface area contributed by atoms with Crippen molar-refractivity contribution in [1.29, 1.82) is 0 Å². The van der Waals surface area contributed by atoms with Gasteiger partial charge in [-0.15, -0.1) is 0 Å². The molecule has 24 heavy (non-hydrogen) atoms. The van der Waals surface area contributed by atoms with Crippen LogP contribution in [0.3, 0.4) is 0 Å². The van der Waals surface area contributed by atoms with Gasteiger partial charge in [0.2, 0.25) is 0 Å². The average molecular weight is 316 g/mol. The highest BCUT2D eigenvalue weighted by Gasteiger charge is 2.14. The van der Waals surface area contributed by atoms with Gasteiger partial charge in [0.05, 0.1) is 0 Å². The highest BCUT2D eigenvalue weighted by molar-refractivity contribution is 5.82. The normalized spacial score (nSPS) is 15.0. The fraction of sp³-hybridized carbons (Fsp3) is 0.190. The zero-order valence-corrected chi connectivity index (χ0v) is 13.6. The second-order valence-electron chi connectivity index (χ2n) is 6.19. The Bertz CT molecular complexity index is 941. The molecule has 3 heteroatoms. The van der Waals surface area contributed by atoms with Crippen LogP contribution >= 0.6 is 0 Å². The summed E-state index contributed by atoms with van der Waals surface area (Å²) < 4.78 is 1.86. The molecule has 120 valence electrons. The SMILES string of the molecule is O=c1c2ccccc2cc(CN2CC=CCC2)n1-c1ccccc1. The van der Waals surface area contributed by atoms with Gasteiger partial charge in [0.25, 0.3) is 5.56 Å². The highest BCUT2D eigenvalue weighted by atomic mass is 16.1. The maximum Gasteiger partial charge on any atom is 0.263 e. The summed E-state index contributed by atoms with van der Waals surface area (Å²) in [5.41, 5.74) is 2.03. The molecule has 2 heterocycles. The molecule has 0 spiro atoms. The summed E-state index contributed by atoms with van der Waals surface area (Å²) in [5.74, 6) is 0. The number of fused-ring (bicyclic) bond motifs is 1. The van der Waals surface area contributed by atoms with E-state index < -0.39 is 0 Å². The highest BCUT2D eigenvalue weighted by Crippen LogP contribution is 2.18. The van der Waals surface area contributed by atoms with Crippen LogP contribution in [0.5, 0.6) is 0 Å². The van der Waals surface area contributed by atoms with Crippen LogP contribution in [0, 0.1) is 0 Å². The number of para-hydroxylation sites is 1. The minimum absolute atomic E-state index is 0.0573. The van der Waals surface area contributed by atoms with Gasteiger partial charge in [-0.25, -0.2) is 0 Å². The molecule has 3 aromatic rings. The molecule has 4 rings (SSSR count). The van der Waals surface area contributed by atoms with E-state index in [0.29, 0.717) is 0 Å². The summed E-state index contributed by atoms with van der Waals surface area (Å²) in [6.45, 7) is 2.75. The predicted octanol–water partition coefficient (Wildman–Crippen LogP) is 3.75. The molecular formula is C21H20N2O. The van der Waals surface area contributed by atoms with E-state index in [1.807, 2.05) is 59.2 Å². The van der Waals surface area contributed by atoms with Crippen molar-refractivity contribution in [3.8, 4) is 5.69 Å². The number of nitrogens with zero attached hydrogens (tertiary/aromatic N) is 2. The molecule has 3 nitrogen and oxygen atoms in total. The first-order valence-electron chi connectivity index (χ1n) is 8.39. The van der Waals surface area contributed by atoms with Crippen LogP contribution in [0.15, 0.2) is 77.6 Å². The molecule has 1 aliphatic rings. The predicted molar refractivity (Wildman–Crippen MR) is 98.6 cm³/mol. The summed E-state index contributed by atoms with van der Waals surface area (Å²) in [6.07, 6.45) is 5.50. The van der Waals surface area contributed by atoms with Gasteiger partial charge < -0.3 is 0 Å². The molecule has 2 aromatic carbocycles. The van der Waals surface area contributed by atoms with E-state index in [-0.39, 0.29) is 5.56 Å². The zero-order chi connectivity index (χ0) is 16.4. The summed E-state index contributed by atoms with van der Waals surface area (Å²) in [5, 5.41) is 1.78. The Morgan fingerprint density at radius 3 is 2.50 bits per heavy atom. The third-order valence-electron chi connectivity index (χ3n) is 4.55. The molecule has 0 saturated carbocycles. The minimum Gasteiger partial charge on any atom is -0.294 e. The molecule has 0 bridgehead atoms. The molecule has 0 radical (unpaired) electrons. The van der Waals surface area contributed by atoms with Gasteiger partial charge in [-0.05, 0) is 36.1 Å². The molecule has 0 N–H and O–H groups in total. The lowest BCUT2D eigenvalue weighted by atomic mass is 10.1. The first-order valence-corrected chi connectivity index (χ1v) is 8.39. The lowest BCUT2D eigenvalue weighted by Gasteiger charge is -2.25. The molecule has 0 atom stereocenters. The maximum absolute atomic E-state index is 13.1. The lowest BCUT2D eigenvalue weighted by Crippen LogP contribution is -2.31. The quantitative estimate of drug-likeness (QED) is 0.688. The van der Waals surface area contributed by atoms with Crippen molar-refractivity contribution in [2.75, 3.05) is 13.1 Å². The van der Waals surface area contributed by atoms with Crippen LogP contribution in [0.4, 0.5) is 0 Å². The molecule has 0 amide bonds. The first-order chi connectivity index (χ1) is 11.8. The number of aromatic nitrogens is 1. The molecule has 0 unspecified atom stereocenters. The second-order valence-corrected chi connectivity index (χ2v) is 6.19. The largest absolute Gasteiger partial charge is 0.294 e. The van der Waals surface area contributed by atoms with Gasteiger partial charge in [0.15, 0.2) is 0 Å². The molecule has 0 saturated heterocycles. The van der Waals surface area contributed by atoms with Crippen molar-refractivity contribution in [3.63, 3.8) is 0 Å². The van der Waals surface area contributed by atoms with Crippen LogP contribution in [0.1, 0.15) is 12.1 Å². The number of benzene rings is 2. The van der Waals surface area contributed by atoms with E-state index in [4.69, 9.17) is 0 Å². The third-order valence-corrected chi connectivity index (χ3v) is 4.55. The summed E-state index contributed by atoms with van der Waals surface area (Å²) in [7, 11) is 0. The Labute approximate surface area is 141 Å². The van der Waals surface area contributed by atoms with Gasteiger partial charge in [0, 0.05) is 36.4 Å². The number of hydrogen-bond donors (Lipinski definition) is 0. The molecule has 1 aromatic heterocycles. The number of hydrogen-bond acceptors (Lipinski definition) is 2. The molecule has 0 fully saturated rings. The average Bonchev–Trinajstić information content (AvgIpc) is 2.64. The van der Waals surface area contributed by atoms with Gasteiger partial charge in [-0.2, -0.15) is 0 Å². The van der Waals surface area contributed by atoms with Crippen LogP contribution < -0.4 is 5.56 Å². The van der Waals surface area contributed by atoms with Crippen molar-refractivity contribution in [1.82, 2.24) is 9.47 Å². The van der Waals surface area contributed by atoms with Crippen molar-refractivity contribution < 1.29 is 0 Å². The van der Waals surface area contributed by atoms with Crippen molar-refractivity contribution >= 4 is 10.8 Å². The Balaban J connectivity index is 1.89. The van der Waals surface area contributed by atoms with Gasteiger partial charge in [-0.1, -0.05) is 48.6 Å². The Kier molecular flexibility index (Phi) is 4.01. The van der Waals surface area contributed by atoms with Crippen LogP contribution in [0.2, 0.25) is 0 Å². The Morgan fingerprint density at radius 1 is 0.917 bits per heavy atom. The van der Waals surface area contributed by atoms with Crippen molar-refractivity contribution in [2.24, 2.45) is 0 Å². The monoisotopic (exact) mass is 316 g/mol. The van der Waals surface area contributed by atoms with Crippen LogP contribution in [-0.2, 0) is 6.54 Å². The third kappa shape index (κ3) is 2.79. The number of rotatable bonds is 3. The van der Waals surface area contributed by atoms with Gasteiger partial charge in [0.1, 0.15) is 0 Å². The van der Waals surface area contributed by atoms with Crippen molar-refractivity contribution in [2.45, 2.75) is 13.0 Å². The smallest absolute Gasteiger partial charge is 0.263 e. The van der Waals surface area contributed by atoms with E-state index in [1.54, 1.807) is 0 Å². The standard InChI is InChI=1S/C21H20N2O/c24-21-20-12-6-5-9-17(20)15-19(16-22-13-7-2-8-14-22)23(21)18-10-3-1-4-11-18/h1-7,9-12,15H,8,13-14,16H2. The maximum atomic E-state index is 13.1. The fourth-order valence-electron chi connectivity index (χ4n) is 3.35. The van der Waals surface area contributed by atoms with E-state index in [0.717, 1.165) is 48.2 Å². The van der Waals surface area contributed by atoms with E-state index in [9.17, 15) is 4.79 Å². The summed E-state index contributed by atoms with van der Waals surface area (Å²) in [4.78, 5) is 15.5. The Morgan fingerprint density at radius 2 is 1.71 bits per heavy atom. The van der Waals surface area contributed by atoms with E-state index in [2.05, 4.69) is 23.1 Å². The van der Waals surface area contributed by atoms with Crippen LogP contribution in [0.25, 0.3) is 16.5 Å². The van der Waals surface area contributed by atoms with Gasteiger partial charge >= 0.3 is 0 Å². The van der Waals surface area contributed by atoms with Crippen LogP contribution in [-0.4, -0.2) is 22.6 Å². The van der Waals surface area contributed by atoms with E-state index in [1.165, 1.54) is 0 Å². The zero-order valence-electron chi connectivity index (χ0n) is 13.6. The number of pyridine rings is 1. The molecule has 1 aliphatic heterocycles. The topological polar surface area (TPSA) is 25.2 Å². The van der Waals surface area contributed by atoms with Gasteiger partial charge in [-0.3, -0.25) is 14.3 Å². The lowest BCUT2D eigenvalue weighted by molar-refractivity contribution is 0.285. The molecule has 0 aliphatic carbocycles. The second kappa shape index (κ2) is 6.46. The first kappa shape index (κ1) is 14.9.